The number of hydrogen-bond donors (Lipinski definition) is 3. The van der Waals surface area contributed by atoms with Gasteiger partial charge in [-0.05, 0) is 33.6 Å². The maximum atomic E-state index is 11.1. The molecule has 0 aromatic carbocycles. The van der Waals surface area contributed by atoms with Crippen molar-refractivity contribution in [3.63, 3.8) is 0 Å². The van der Waals surface area contributed by atoms with Crippen LogP contribution in [0.4, 0.5) is 10.6 Å². The van der Waals surface area contributed by atoms with Crippen molar-refractivity contribution in [2.24, 2.45) is 0 Å². The van der Waals surface area contributed by atoms with Gasteiger partial charge in [0.05, 0.1) is 6.61 Å². The summed E-state index contributed by atoms with van der Waals surface area (Å²) in [6.07, 6.45) is -1.05. The number of likely N-dealkylation sites (tertiary alicyclic amines) is 1. The normalized spacial score (nSPS) is 20.9. The van der Waals surface area contributed by atoms with Crippen LogP contribution in [0.15, 0.2) is 16.7 Å². The number of halogens is 1. The summed E-state index contributed by atoms with van der Waals surface area (Å²) < 4.78 is 5.68. The van der Waals surface area contributed by atoms with Crippen molar-refractivity contribution < 1.29 is 24.5 Å². The van der Waals surface area contributed by atoms with Gasteiger partial charge in [-0.15, -0.1) is 0 Å². The third kappa shape index (κ3) is 3.86. The summed E-state index contributed by atoms with van der Waals surface area (Å²) in [5.74, 6) is -0.600. The summed E-state index contributed by atoms with van der Waals surface area (Å²) in [4.78, 5) is 27.4. The zero-order valence-electron chi connectivity index (χ0n) is 11.8. The second-order valence-electron chi connectivity index (χ2n) is 4.98. The molecule has 1 aliphatic heterocycles. The van der Waals surface area contributed by atoms with Gasteiger partial charge in [0.2, 0.25) is 0 Å². The Bertz CT molecular complexity index is 561. The van der Waals surface area contributed by atoms with E-state index in [0.717, 1.165) is 10.5 Å². The molecule has 8 nitrogen and oxygen atoms in total. The van der Waals surface area contributed by atoms with Gasteiger partial charge in [0.25, 0.3) is 0 Å². The third-order valence-electron chi connectivity index (χ3n) is 3.35. The fourth-order valence-electron chi connectivity index (χ4n) is 2.47. The lowest BCUT2D eigenvalue weighted by atomic mass is 10.1. The number of anilines is 1. The van der Waals surface area contributed by atoms with Gasteiger partial charge in [-0.25, -0.2) is 14.6 Å². The number of pyridine rings is 1. The SMILES string of the molecule is COCc1cc(Br)nc(N[C@H]2C[C@@H](C(=O)O)N(C(=O)O)C2)c1. The molecule has 2 heterocycles. The predicted molar refractivity (Wildman–Crippen MR) is 80.8 cm³/mol. The van der Waals surface area contributed by atoms with Crippen LogP contribution in [-0.2, 0) is 16.1 Å². The molecule has 120 valence electrons. The largest absolute Gasteiger partial charge is 0.480 e. The van der Waals surface area contributed by atoms with E-state index >= 15 is 0 Å². The van der Waals surface area contributed by atoms with Crippen molar-refractivity contribution in [1.82, 2.24) is 9.88 Å². The first kappa shape index (κ1) is 16.5. The van der Waals surface area contributed by atoms with Crippen molar-refractivity contribution in [2.75, 3.05) is 19.0 Å². The monoisotopic (exact) mass is 373 g/mol. The first-order valence-corrected chi connectivity index (χ1v) is 7.34. The lowest BCUT2D eigenvalue weighted by Crippen LogP contribution is -2.39. The summed E-state index contributed by atoms with van der Waals surface area (Å²) in [5.41, 5.74) is 0.898. The van der Waals surface area contributed by atoms with E-state index in [0.29, 0.717) is 17.0 Å². The van der Waals surface area contributed by atoms with Crippen molar-refractivity contribution in [3.8, 4) is 0 Å². The number of amides is 1. The first-order chi connectivity index (χ1) is 10.4. The van der Waals surface area contributed by atoms with Crippen molar-refractivity contribution in [1.29, 1.82) is 0 Å². The second-order valence-corrected chi connectivity index (χ2v) is 5.79. The first-order valence-electron chi connectivity index (χ1n) is 6.55. The number of aromatic nitrogens is 1. The molecule has 1 aromatic heterocycles. The van der Waals surface area contributed by atoms with E-state index in [-0.39, 0.29) is 19.0 Å². The van der Waals surface area contributed by atoms with Crippen LogP contribution in [0.2, 0.25) is 0 Å². The van der Waals surface area contributed by atoms with Crippen LogP contribution in [0.3, 0.4) is 0 Å². The zero-order chi connectivity index (χ0) is 16.3. The van der Waals surface area contributed by atoms with Crippen LogP contribution >= 0.6 is 15.9 Å². The molecule has 1 fully saturated rings. The highest BCUT2D eigenvalue weighted by molar-refractivity contribution is 9.10. The van der Waals surface area contributed by atoms with Crippen molar-refractivity contribution >= 4 is 33.8 Å². The molecule has 1 amide bonds. The van der Waals surface area contributed by atoms with Crippen LogP contribution in [0, 0.1) is 0 Å². The molecule has 0 unspecified atom stereocenters. The Morgan fingerprint density at radius 1 is 1.50 bits per heavy atom. The molecule has 1 aliphatic rings. The van der Waals surface area contributed by atoms with E-state index in [4.69, 9.17) is 14.9 Å². The van der Waals surface area contributed by atoms with E-state index in [9.17, 15) is 9.59 Å². The number of methoxy groups -OCH3 is 1. The maximum Gasteiger partial charge on any atom is 0.408 e. The minimum absolute atomic E-state index is 0.0973. The summed E-state index contributed by atoms with van der Waals surface area (Å²) in [6, 6.07) is 2.25. The highest BCUT2D eigenvalue weighted by Crippen LogP contribution is 2.23. The number of rotatable bonds is 5. The van der Waals surface area contributed by atoms with Crippen LogP contribution in [0.5, 0.6) is 0 Å². The molecule has 9 heteroatoms. The fraction of sp³-hybridized carbons (Fsp3) is 0.462. The van der Waals surface area contributed by atoms with Gasteiger partial charge < -0.3 is 20.3 Å². The number of ether oxygens (including phenoxy) is 1. The van der Waals surface area contributed by atoms with Gasteiger partial charge >= 0.3 is 12.1 Å². The summed E-state index contributed by atoms with van der Waals surface area (Å²) >= 11 is 3.30. The minimum atomic E-state index is -1.24. The van der Waals surface area contributed by atoms with Crippen LogP contribution in [0.25, 0.3) is 0 Å². The maximum absolute atomic E-state index is 11.1. The van der Waals surface area contributed by atoms with E-state index in [2.05, 4.69) is 26.2 Å². The molecule has 1 saturated heterocycles. The lowest BCUT2D eigenvalue weighted by molar-refractivity contribution is -0.141. The van der Waals surface area contributed by atoms with Gasteiger partial charge in [0.1, 0.15) is 16.5 Å². The van der Waals surface area contributed by atoms with E-state index in [1.54, 1.807) is 13.2 Å². The minimum Gasteiger partial charge on any atom is -0.480 e. The van der Waals surface area contributed by atoms with Crippen LogP contribution < -0.4 is 5.32 Å². The molecular weight excluding hydrogens is 358 g/mol. The highest BCUT2D eigenvalue weighted by Gasteiger charge is 2.39. The van der Waals surface area contributed by atoms with E-state index in [1.165, 1.54) is 0 Å². The zero-order valence-corrected chi connectivity index (χ0v) is 13.4. The molecule has 0 radical (unpaired) electrons. The summed E-state index contributed by atoms with van der Waals surface area (Å²) in [7, 11) is 1.58. The topological polar surface area (TPSA) is 112 Å². The average Bonchev–Trinajstić information content (AvgIpc) is 2.82. The van der Waals surface area contributed by atoms with Crippen molar-refractivity contribution in [3.05, 3.63) is 22.3 Å². The summed E-state index contributed by atoms with van der Waals surface area (Å²) in [6.45, 7) is 0.513. The Morgan fingerprint density at radius 2 is 2.23 bits per heavy atom. The standard InChI is InChI=1S/C13H16BrN3O5/c1-22-6-7-2-10(14)16-11(3-7)15-8-4-9(12(18)19)17(5-8)13(20)21/h2-3,8-9H,4-6H2,1H3,(H,15,16)(H,18,19)(H,20,21)/t8-,9-/m0/s1. The molecule has 0 spiro atoms. The fourth-order valence-corrected chi connectivity index (χ4v) is 2.95. The number of carboxylic acid groups (broad SMARTS) is 2. The molecular formula is C13H16BrN3O5. The molecule has 2 atom stereocenters. The Balaban J connectivity index is 2.11. The average molecular weight is 374 g/mol. The number of nitrogens with zero attached hydrogens (tertiary/aromatic N) is 2. The second kappa shape index (κ2) is 6.93. The molecule has 0 bridgehead atoms. The van der Waals surface area contributed by atoms with Gasteiger partial charge in [-0.1, -0.05) is 0 Å². The highest BCUT2D eigenvalue weighted by atomic mass is 79.9. The molecule has 0 aliphatic carbocycles. The van der Waals surface area contributed by atoms with Gasteiger partial charge in [-0.2, -0.15) is 0 Å². The smallest absolute Gasteiger partial charge is 0.408 e. The van der Waals surface area contributed by atoms with E-state index in [1.807, 2.05) is 6.07 Å². The molecule has 3 N–H and O–H groups in total. The Hall–Kier alpha value is -1.87. The number of hydrogen-bond acceptors (Lipinski definition) is 5. The Kier molecular flexibility index (Phi) is 5.19. The molecule has 2 rings (SSSR count). The third-order valence-corrected chi connectivity index (χ3v) is 3.75. The van der Waals surface area contributed by atoms with Gasteiger partial charge in [-0.3, -0.25) is 4.90 Å². The van der Waals surface area contributed by atoms with Crippen LogP contribution in [-0.4, -0.2) is 57.9 Å². The predicted octanol–water partition coefficient (Wildman–Crippen LogP) is 1.61. The number of nitrogens with one attached hydrogen (secondary N) is 1. The lowest BCUT2D eigenvalue weighted by Gasteiger charge is -2.17. The number of aliphatic carboxylic acids is 1. The molecule has 1 aromatic rings. The number of carbonyl (C=O) groups is 2. The summed E-state index contributed by atoms with van der Waals surface area (Å²) in [5, 5.41) is 21.3. The Morgan fingerprint density at radius 3 is 2.77 bits per heavy atom. The molecule has 22 heavy (non-hydrogen) atoms. The molecule has 0 saturated carbocycles. The van der Waals surface area contributed by atoms with Crippen molar-refractivity contribution in [2.45, 2.75) is 25.1 Å². The van der Waals surface area contributed by atoms with Gasteiger partial charge in [0.15, 0.2) is 0 Å². The Labute approximate surface area is 135 Å². The van der Waals surface area contributed by atoms with Crippen LogP contribution in [0.1, 0.15) is 12.0 Å². The number of carboxylic acids is 1. The van der Waals surface area contributed by atoms with E-state index < -0.39 is 18.1 Å². The quantitative estimate of drug-likeness (QED) is 0.672. The van der Waals surface area contributed by atoms with Gasteiger partial charge in [0, 0.05) is 26.1 Å².